The van der Waals surface area contributed by atoms with Gasteiger partial charge >= 0.3 is 5.69 Å². The van der Waals surface area contributed by atoms with Crippen LogP contribution in [0.5, 0.6) is 0 Å². The quantitative estimate of drug-likeness (QED) is 0.531. The van der Waals surface area contributed by atoms with E-state index in [0.717, 1.165) is 32.7 Å². The van der Waals surface area contributed by atoms with Crippen LogP contribution in [0.25, 0.3) is 0 Å². The third-order valence-corrected chi connectivity index (χ3v) is 5.04. The Labute approximate surface area is 153 Å². The van der Waals surface area contributed by atoms with Gasteiger partial charge in [-0.15, -0.1) is 0 Å². The Balaban J connectivity index is 1.93. The highest BCUT2D eigenvalue weighted by Crippen LogP contribution is 2.34. The number of quaternary nitrogens is 1. The normalized spacial score (nSPS) is 24.7. The fraction of sp³-hybridized carbons (Fsp3) is 0.750. The fourth-order valence-electron chi connectivity index (χ4n) is 3.71. The maximum atomic E-state index is 11.6. The lowest BCUT2D eigenvalue weighted by molar-refractivity contribution is -0.898. The maximum Gasteiger partial charge on any atom is 0.353 e. The molecule has 1 aromatic heterocycles. The molecule has 10 nitrogen and oxygen atoms in total. The number of aromatic nitrogens is 2. The zero-order valence-electron chi connectivity index (χ0n) is 15.6. The summed E-state index contributed by atoms with van der Waals surface area (Å²) in [5, 5.41) is 11.6. The SMILES string of the molecule is CC[NH+]1CCN(c2nc(N)c([N+](=O)[O-])c(N3C[C@@H](C)O[C@H](C)C3)n2)CC1. The van der Waals surface area contributed by atoms with Gasteiger partial charge < -0.3 is 25.2 Å². The molecule has 26 heavy (non-hydrogen) atoms. The van der Waals surface area contributed by atoms with Gasteiger partial charge in [-0.1, -0.05) is 0 Å². The van der Waals surface area contributed by atoms with Crippen LogP contribution in [0.3, 0.4) is 0 Å². The number of ether oxygens (including phenoxy) is 1. The van der Waals surface area contributed by atoms with Crippen LogP contribution in [0.2, 0.25) is 0 Å². The van der Waals surface area contributed by atoms with E-state index in [0.29, 0.717) is 24.9 Å². The molecule has 0 radical (unpaired) electrons. The van der Waals surface area contributed by atoms with Gasteiger partial charge in [-0.3, -0.25) is 10.1 Å². The van der Waals surface area contributed by atoms with Crippen LogP contribution in [-0.2, 0) is 4.74 Å². The lowest BCUT2D eigenvalue weighted by atomic mass is 10.2. The minimum absolute atomic E-state index is 0.0327. The van der Waals surface area contributed by atoms with Gasteiger partial charge in [-0.05, 0) is 20.8 Å². The van der Waals surface area contributed by atoms with E-state index in [1.165, 1.54) is 4.90 Å². The molecule has 2 atom stereocenters. The molecule has 2 aliphatic rings. The molecule has 0 spiro atoms. The monoisotopic (exact) mass is 366 g/mol. The number of rotatable bonds is 4. The third-order valence-electron chi connectivity index (χ3n) is 5.04. The highest BCUT2D eigenvalue weighted by atomic mass is 16.6. The van der Waals surface area contributed by atoms with Gasteiger partial charge in [-0.25, -0.2) is 0 Å². The summed E-state index contributed by atoms with van der Waals surface area (Å²) in [6.07, 6.45) is -0.0654. The van der Waals surface area contributed by atoms with Crippen LogP contribution in [0.15, 0.2) is 0 Å². The summed E-state index contributed by atoms with van der Waals surface area (Å²) in [5.41, 5.74) is 5.76. The molecular formula is C16H28N7O3+. The van der Waals surface area contributed by atoms with Crippen molar-refractivity contribution in [2.24, 2.45) is 0 Å². The molecule has 10 heteroatoms. The zero-order chi connectivity index (χ0) is 18.8. The molecule has 0 aliphatic carbocycles. The second-order valence-corrected chi connectivity index (χ2v) is 7.09. The van der Waals surface area contributed by atoms with E-state index in [-0.39, 0.29) is 23.7 Å². The lowest BCUT2D eigenvalue weighted by Crippen LogP contribution is -3.14. The predicted octanol–water partition coefficient (Wildman–Crippen LogP) is -0.695. The molecule has 144 valence electrons. The second-order valence-electron chi connectivity index (χ2n) is 7.09. The van der Waals surface area contributed by atoms with Crippen LogP contribution >= 0.6 is 0 Å². The summed E-state index contributed by atoms with van der Waals surface area (Å²) in [5.74, 6) is 0.696. The first-order chi connectivity index (χ1) is 12.4. The number of likely N-dealkylation sites (N-methyl/N-ethyl adjacent to an activating group) is 1. The number of anilines is 3. The molecule has 3 rings (SSSR count). The van der Waals surface area contributed by atoms with Crippen molar-refractivity contribution < 1.29 is 14.6 Å². The zero-order valence-corrected chi connectivity index (χ0v) is 15.6. The number of nitro groups is 1. The summed E-state index contributed by atoms with van der Waals surface area (Å²) in [4.78, 5) is 25.4. The van der Waals surface area contributed by atoms with E-state index in [1.54, 1.807) is 0 Å². The van der Waals surface area contributed by atoms with Crippen molar-refractivity contribution in [3.05, 3.63) is 10.1 Å². The molecule has 0 unspecified atom stereocenters. The van der Waals surface area contributed by atoms with Gasteiger partial charge in [0.2, 0.25) is 17.6 Å². The number of nitrogens with one attached hydrogen (secondary N) is 1. The average Bonchev–Trinajstić information content (AvgIpc) is 2.60. The molecule has 2 aliphatic heterocycles. The van der Waals surface area contributed by atoms with E-state index in [4.69, 9.17) is 10.5 Å². The van der Waals surface area contributed by atoms with Crippen molar-refractivity contribution in [1.29, 1.82) is 0 Å². The van der Waals surface area contributed by atoms with Gasteiger partial charge in [0.05, 0.1) is 49.9 Å². The largest absolute Gasteiger partial charge is 0.378 e. The smallest absolute Gasteiger partial charge is 0.353 e. The molecule has 2 fully saturated rings. The topological polar surface area (TPSA) is 115 Å². The molecule has 3 heterocycles. The number of piperazine rings is 1. The van der Waals surface area contributed by atoms with E-state index < -0.39 is 4.92 Å². The summed E-state index contributed by atoms with van der Waals surface area (Å²) < 4.78 is 5.74. The predicted molar refractivity (Wildman–Crippen MR) is 98.8 cm³/mol. The van der Waals surface area contributed by atoms with Gasteiger partial charge in [0, 0.05) is 13.1 Å². The highest BCUT2D eigenvalue weighted by Gasteiger charge is 2.33. The molecule has 3 N–H and O–H groups in total. The summed E-state index contributed by atoms with van der Waals surface area (Å²) >= 11 is 0. The number of hydrogen-bond donors (Lipinski definition) is 2. The van der Waals surface area contributed by atoms with Crippen molar-refractivity contribution in [1.82, 2.24) is 9.97 Å². The summed E-state index contributed by atoms with van der Waals surface area (Å²) in [6.45, 7) is 11.9. The first kappa shape index (κ1) is 18.6. The van der Waals surface area contributed by atoms with Crippen LogP contribution < -0.4 is 20.4 Å². The Kier molecular flexibility index (Phi) is 5.42. The van der Waals surface area contributed by atoms with Crippen molar-refractivity contribution in [2.75, 3.05) is 61.3 Å². The van der Waals surface area contributed by atoms with Gasteiger partial charge in [-0.2, -0.15) is 9.97 Å². The number of morpholine rings is 1. The van der Waals surface area contributed by atoms with Crippen molar-refractivity contribution >= 4 is 23.3 Å². The molecule has 0 aromatic carbocycles. The Morgan fingerprint density at radius 2 is 1.85 bits per heavy atom. The Hall–Kier alpha value is -2.20. The first-order valence-corrected chi connectivity index (χ1v) is 9.19. The second kappa shape index (κ2) is 7.58. The standard InChI is InChI=1S/C16H27N7O3/c1-4-20-5-7-21(8-6-20)16-18-14(17)13(23(24)25)15(19-16)22-9-11(2)26-12(3)10-22/h11-12H,4-10H2,1-3H3,(H2,17,18,19)/p+1/t11-,12-/m1/s1. The fourth-order valence-corrected chi connectivity index (χ4v) is 3.71. The Morgan fingerprint density at radius 3 is 2.38 bits per heavy atom. The van der Waals surface area contributed by atoms with Crippen LogP contribution in [0.4, 0.5) is 23.3 Å². The Morgan fingerprint density at radius 1 is 1.23 bits per heavy atom. The van der Waals surface area contributed by atoms with Crippen LogP contribution in [-0.4, -0.2) is 72.9 Å². The molecule has 2 saturated heterocycles. The van der Waals surface area contributed by atoms with Crippen LogP contribution in [0, 0.1) is 10.1 Å². The number of nitrogen functional groups attached to an aromatic ring is 1. The molecular weight excluding hydrogens is 338 g/mol. The lowest BCUT2D eigenvalue weighted by Gasteiger charge is -2.36. The molecule has 0 amide bonds. The summed E-state index contributed by atoms with van der Waals surface area (Å²) in [7, 11) is 0. The molecule has 0 bridgehead atoms. The van der Waals surface area contributed by atoms with E-state index in [1.807, 2.05) is 18.7 Å². The minimum atomic E-state index is -0.488. The Bertz CT molecular complexity index is 653. The van der Waals surface area contributed by atoms with Gasteiger partial charge in [0.15, 0.2) is 0 Å². The van der Waals surface area contributed by atoms with Crippen molar-refractivity contribution in [3.8, 4) is 0 Å². The average molecular weight is 366 g/mol. The van der Waals surface area contributed by atoms with Gasteiger partial charge in [0.25, 0.3) is 0 Å². The third kappa shape index (κ3) is 3.80. The number of nitrogens with two attached hydrogens (primary N) is 1. The van der Waals surface area contributed by atoms with Crippen molar-refractivity contribution in [2.45, 2.75) is 33.0 Å². The maximum absolute atomic E-state index is 11.6. The molecule has 0 saturated carbocycles. The van der Waals surface area contributed by atoms with E-state index in [2.05, 4.69) is 21.8 Å². The minimum Gasteiger partial charge on any atom is -0.378 e. The van der Waals surface area contributed by atoms with Crippen LogP contribution in [0.1, 0.15) is 20.8 Å². The van der Waals surface area contributed by atoms with E-state index in [9.17, 15) is 10.1 Å². The van der Waals surface area contributed by atoms with Crippen molar-refractivity contribution in [3.63, 3.8) is 0 Å². The molecule has 1 aromatic rings. The number of hydrogen-bond acceptors (Lipinski definition) is 8. The number of nitrogens with zero attached hydrogens (tertiary/aromatic N) is 5. The highest BCUT2D eigenvalue weighted by molar-refractivity contribution is 5.71. The van der Waals surface area contributed by atoms with E-state index >= 15 is 0 Å². The summed E-state index contributed by atoms with van der Waals surface area (Å²) in [6, 6.07) is 0. The first-order valence-electron chi connectivity index (χ1n) is 9.19. The van der Waals surface area contributed by atoms with Gasteiger partial charge in [0.1, 0.15) is 0 Å².